The number of amides is 1. The highest BCUT2D eigenvalue weighted by molar-refractivity contribution is 6.31. The first-order chi connectivity index (χ1) is 11.6. The molecule has 0 saturated heterocycles. The van der Waals surface area contributed by atoms with Gasteiger partial charge in [0.15, 0.2) is 0 Å². The molecule has 0 saturated carbocycles. The highest BCUT2D eigenvalue weighted by atomic mass is 35.5. The van der Waals surface area contributed by atoms with E-state index in [4.69, 9.17) is 23.2 Å². The van der Waals surface area contributed by atoms with E-state index in [9.17, 15) is 4.79 Å². The number of carbonyl (C=O) groups is 1. The third-order valence-corrected chi connectivity index (χ3v) is 4.25. The van der Waals surface area contributed by atoms with E-state index >= 15 is 0 Å². The topological polar surface area (TPSA) is 46.9 Å². The zero-order chi connectivity index (χ0) is 16.9. The van der Waals surface area contributed by atoms with Crippen LogP contribution >= 0.6 is 23.2 Å². The fraction of sp³-hybridized carbons (Fsp3) is 0.222. The first-order valence-corrected chi connectivity index (χ1v) is 8.49. The molecule has 1 N–H and O–H groups in total. The minimum atomic E-state index is 0.00893. The number of nitrogens with one attached hydrogen (secondary N) is 1. The standard InChI is InChI=1S/C18H17Cl2N3O/c19-15-3-1-2-13(10-15)6-8-21-18(24)7-9-23-17-5-4-16(20)11-14(17)12-22-23/h1-5,10-12H,6-9H2,(H,21,24). The summed E-state index contributed by atoms with van der Waals surface area (Å²) < 4.78 is 1.82. The van der Waals surface area contributed by atoms with Gasteiger partial charge >= 0.3 is 0 Å². The van der Waals surface area contributed by atoms with Crippen LogP contribution in [0.1, 0.15) is 12.0 Å². The van der Waals surface area contributed by atoms with Gasteiger partial charge in [0.05, 0.1) is 18.3 Å². The Hall–Kier alpha value is -2.04. The van der Waals surface area contributed by atoms with Gasteiger partial charge in [-0.05, 0) is 42.3 Å². The van der Waals surface area contributed by atoms with E-state index in [1.807, 2.05) is 47.1 Å². The summed E-state index contributed by atoms with van der Waals surface area (Å²) in [5.41, 5.74) is 2.09. The molecule has 0 fully saturated rings. The molecule has 0 atom stereocenters. The molecule has 24 heavy (non-hydrogen) atoms. The Morgan fingerprint density at radius 2 is 1.96 bits per heavy atom. The number of hydrogen-bond donors (Lipinski definition) is 1. The van der Waals surface area contributed by atoms with Crippen LogP contribution < -0.4 is 5.32 Å². The third kappa shape index (κ3) is 4.28. The highest BCUT2D eigenvalue weighted by Gasteiger charge is 2.06. The smallest absolute Gasteiger partial charge is 0.221 e. The van der Waals surface area contributed by atoms with Crippen LogP contribution in [0.4, 0.5) is 0 Å². The number of benzene rings is 2. The molecule has 4 nitrogen and oxygen atoms in total. The van der Waals surface area contributed by atoms with E-state index < -0.39 is 0 Å². The average Bonchev–Trinajstić information content (AvgIpc) is 2.95. The van der Waals surface area contributed by atoms with Crippen LogP contribution in [0.2, 0.25) is 10.0 Å². The van der Waals surface area contributed by atoms with Crippen molar-refractivity contribution < 1.29 is 4.79 Å². The maximum Gasteiger partial charge on any atom is 0.221 e. The molecule has 0 unspecified atom stereocenters. The average molecular weight is 362 g/mol. The molecule has 0 radical (unpaired) electrons. The van der Waals surface area contributed by atoms with Crippen LogP contribution in [0, 0.1) is 0 Å². The number of rotatable bonds is 6. The lowest BCUT2D eigenvalue weighted by molar-refractivity contribution is -0.121. The summed E-state index contributed by atoms with van der Waals surface area (Å²) in [6.45, 7) is 1.13. The Kier molecular flexibility index (Phi) is 5.38. The van der Waals surface area contributed by atoms with Gasteiger partial charge in [-0.25, -0.2) is 0 Å². The van der Waals surface area contributed by atoms with Gasteiger partial charge in [-0.15, -0.1) is 0 Å². The van der Waals surface area contributed by atoms with Crippen LogP contribution in [0.25, 0.3) is 10.9 Å². The molecule has 124 valence electrons. The van der Waals surface area contributed by atoms with Gasteiger partial charge in [-0.3, -0.25) is 9.48 Å². The van der Waals surface area contributed by atoms with Crippen molar-refractivity contribution in [2.45, 2.75) is 19.4 Å². The summed E-state index contributed by atoms with van der Waals surface area (Å²) >= 11 is 11.9. The minimum absolute atomic E-state index is 0.00893. The molecule has 0 bridgehead atoms. The van der Waals surface area contributed by atoms with E-state index in [1.165, 1.54) is 0 Å². The summed E-state index contributed by atoms with van der Waals surface area (Å²) in [6, 6.07) is 13.3. The summed E-state index contributed by atoms with van der Waals surface area (Å²) in [5, 5.41) is 9.60. The summed E-state index contributed by atoms with van der Waals surface area (Å²) in [4.78, 5) is 12.0. The van der Waals surface area contributed by atoms with Crippen molar-refractivity contribution in [3.63, 3.8) is 0 Å². The van der Waals surface area contributed by atoms with Gasteiger partial charge < -0.3 is 5.32 Å². The molecule has 2 aromatic carbocycles. The monoisotopic (exact) mass is 361 g/mol. The molecule has 1 heterocycles. The summed E-state index contributed by atoms with van der Waals surface area (Å²) in [7, 11) is 0. The van der Waals surface area contributed by atoms with Gasteiger partial charge in [0.25, 0.3) is 0 Å². The molecular weight excluding hydrogens is 345 g/mol. The maximum atomic E-state index is 12.0. The van der Waals surface area contributed by atoms with E-state index in [0.29, 0.717) is 29.6 Å². The Morgan fingerprint density at radius 1 is 1.12 bits per heavy atom. The van der Waals surface area contributed by atoms with Gasteiger partial charge in [0.2, 0.25) is 5.91 Å². The number of hydrogen-bond acceptors (Lipinski definition) is 2. The second-order valence-corrected chi connectivity index (χ2v) is 6.42. The van der Waals surface area contributed by atoms with Crippen molar-refractivity contribution in [1.82, 2.24) is 15.1 Å². The fourth-order valence-corrected chi connectivity index (χ4v) is 2.96. The Balaban J connectivity index is 1.48. The predicted octanol–water partition coefficient (Wildman–Crippen LogP) is 4.09. The Morgan fingerprint density at radius 3 is 2.79 bits per heavy atom. The molecule has 0 aliphatic rings. The molecule has 6 heteroatoms. The summed E-state index contributed by atoms with van der Waals surface area (Å²) in [6.07, 6.45) is 2.91. The normalized spacial score (nSPS) is 10.9. The number of aromatic nitrogens is 2. The van der Waals surface area contributed by atoms with Crippen molar-refractivity contribution >= 4 is 40.0 Å². The number of nitrogens with zero attached hydrogens (tertiary/aromatic N) is 2. The SMILES string of the molecule is O=C(CCn1ncc2cc(Cl)ccc21)NCCc1cccc(Cl)c1. The number of fused-ring (bicyclic) bond motifs is 1. The zero-order valence-electron chi connectivity index (χ0n) is 13.0. The first kappa shape index (κ1) is 16.8. The lowest BCUT2D eigenvalue weighted by Crippen LogP contribution is -2.26. The molecule has 0 aliphatic carbocycles. The van der Waals surface area contributed by atoms with Gasteiger partial charge in [0, 0.05) is 28.4 Å². The van der Waals surface area contributed by atoms with Crippen molar-refractivity contribution in [3.8, 4) is 0 Å². The molecule has 1 amide bonds. The fourth-order valence-electron chi connectivity index (χ4n) is 2.57. The number of halogens is 2. The molecule has 3 aromatic rings. The molecule has 0 aliphatic heterocycles. The quantitative estimate of drug-likeness (QED) is 0.718. The summed E-state index contributed by atoms with van der Waals surface area (Å²) in [5.74, 6) is 0.00893. The number of aryl methyl sites for hydroxylation is 1. The van der Waals surface area contributed by atoms with E-state index in [0.717, 1.165) is 22.9 Å². The number of carbonyl (C=O) groups excluding carboxylic acids is 1. The van der Waals surface area contributed by atoms with Crippen molar-refractivity contribution in [2.24, 2.45) is 0 Å². The lowest BCUT2D eigenvalue weighted by Gasteiger charge is -2.07. The van der Waals surface area contributed by atoms with Gasteiger partial charge in [-0.2, -0.15) is 5.10 Å². The van der Waals surface area contributed by atoms with Crippen LogP contribution in [0.15, 0.2) is 48.7 Å². The predicted molar refractivity (Wildman–Crippen MR) is 97.5 cm³/mol. The maximum absolute atomic E-state index is 12.0. The first-order valence-electron chi connectivity index (χ1n) is 7.74. The van der Waals surface area contributed by atoms with E-state index in [2.05, 4.69) is 10.4 Å². The van der Waals surface area contributed by atoms with Crippen LogP contribution in [-0.4, -0.2) is 22.2 Å². The van der Waals surface area contributed by atoms with Gasteiger partial charge in [-0.1, -0.05) is 35.3 Å². The second-order valence-electron chi connectivity index (χ2n) is 5.55. The lowest BCUT2D eigenvalue weighted by atomic mass is 10.1. The van der Waals surface area contributed by atoms with Crippen molar-refractivity contribution in [3.05, 3.63) is 64.3 Å². The van der Waals surface area contributed by atoms with Gasteiger partial charge in [0.1, 0.15) is 0 Å². The van der Waals surface area contributed by atoms with E-state index in [1.54, 1.807) is 6.20 Å². The van der Waals surface area contributed by atoms with Crippen molar-refractivity contribution in [1.29, 1.82) is 0 Å². The second kappa shape index (κ2) is 7.69. The molecule has 3 rings (SSSR count). The zero-order valence-corrected chi connectivity index (χ0v) is 14.5. The molecule has 0 spiro atoms. The highest BCUT2D eigenvalue weighted by Crippen LogP contribution is 2.19. The minimum Gasteiger partial charge on any atom is -0.356 e. The van der Waals surface area contributed by atoms with Crippen molar-refractivity contribution in [2.75, 3.05) is 6.54 Å². The van der Waals surface area contributed by atoms with Crippen LogP contribution in [0.5, 0.6) is 0 Å². The Bertz CT molecular complexity index is 860. The van der Waals surface area contributed by atoms with Crippen LogP contribution in [-0.2, 0) is 17.8 Å². The molecule has 1 aromatic heterocycles. The molecular formula is C18H17Cl2N3O. The Labute approximate surface area is 150 Å². The van der Waals surface area contributed by atoms with E-state index in [-0.39, 0.29) is 5.91 Å². The largest absolute Gasteiger partial charge is 0.356 e. The third-order valence-electron chi connectivity index (χ3n) is 3.78. The van der Waals surface area contributed by atoms with Crippen LogP contribution in [0.3, 0.4) is 0 Å².